The van der Waals surface area contributed by atoms with E-state index in [0.717, 1.165) is 31.0 Å². The van der Waals surface area contributed by atoms with E-state index >= 15 is 0 Å². The molecular formula is C16H23N3O4S. The van der Waals surface area contributed by atoms with E-state index in [1.165, 1.54) is 19.6 Å². The molecule has 1 aliphatic rings. The van der Waals surface area contributed by atoms with Crippen LogP contribution in [0.15, 0.2) is 16.0 Å². The molecule has 1 heterocycles. The van der Waals surface area contributed by atoms with Crippen molar-refractivity contribution >= 4 is 23.6 Å². The largest absolute Gasteiger partial charge is 0.469 e. The van der Waals surface area contributed by atoms with Crippen LogP contribution >= 0.6 is 11.8 Å². The van der Waals surface area contributed by atoms with E-state index in [9.17, 15) is 14.4 Å². The minimum Gasteiger partial charge on any atom is -0.469 e. The van der Waals surface area contributed by atoms with Crippen molar-refractivity contribution in [2.75, 3.05) is 12.9 Å². The molecule has 2 N–H and O–H groups in total. The monoisotopic (exact) mass is 353 g/mol. The Labute approximate surface area is 145 Å². The van der Waals surface area contributed by atoms with E-state index < -0.39 is 5.97 Å². The Morgan fingerprint density at radius 2 is 2.17 bits per heavy atom. The molecule has 0 radical (unpaired) electrons. The van der Waals surface area contributed by atoms with E-state index in [1.54, 1.807) is 0 Å². The van der Waals surface area contributed by atoms with E-state index in [-0.39, 0.29) is 29.7 Å². The van der Waals surface area contributed by atoms with Gasteiger partial charge in [-0.05, 0) is 18.8 Å². The number of rotatable bonds is 6. The first-order valence-electron chi connectivity index (χ1n) is 8.07. The smallest absolute Gasteiger partial charge is 0.311 e. The number of carbonyl (C=O) groups is 2. The highest BCUT2D eigenvalue weighted by molar-refractivity contribution is 7.99. The van der Waals surface area contributed by atoms with Gasteiger partial charge in [-0.2, -0.15) is 0 Å². The number of hydrogen-bond donors (Lipinski definition) is 2. The molecule has 1 aliphatic carbocycles. The van der Waals surface area contributed by atoms with Gasteiger partial charge in [0.2, 0.25) is 5.91 Å². The van der Waals surface area contributed by atoms with Gasteiger partial charge in [0, 0.05) is 12.1 Å². The highest BCUT2D eigenvalue weighted by Gasteiger charge is 2.22. The zero-order valence-corrected chi connectivity index (χ0v) is 14.8. The Morgan fingerprint density at radius 1 is 1.42 bits per heavy atom. The summed E-state index contributed by atoms with van der Waals surface area (Å²) in [6.45, 7) is 2.16. The minimum atomic E-state index is -0.465. The van der Waals surface area contributed by atoms with Crippen molar-refractivity contribution in [2.45, 2.75) is 50.2 Å². The van der Waals surface area contributed by atoms with Crippen molar-refractivity contribution in [1.29, 1.82) is 0 Å². The second-order valence-corrected chi connectivity index (χ2v) is 6.98. The fourth-order valence-electron chi connectivity index (χ4n) is 2.78. The summed E-state index contributed by atoms with van der Waals surface area (Å²) in [5.74, 6) is 0.135. The Bertz CT molecular complexity index is 646. The number of amides is 1. The molecular weight excluding hydrogens is 330 g/mol. The van der Waals surface area contributed by atoms with Gasteiger partial charge in [-0.15, -0.1) is 0 Å². The van der Waals surface area contributed by atoms with Crippen molar-refractivity contribution in [2.24, 2.45) is 5.92 Å². The van der Waals surface area contributed by atoms with Crippen molar-refractivity contribution in [3.05, 3.63) is 22.1 Å². The number of nitrogens with one attached hydrogen (secondary N) is 2. The van der Waals surface area contributed by atoms with Crippen LogP contribution in [0.25, 0.3) is 0 Å². The van der Waals surface area contributed by atoms with E-state index in [0.29, 0.717) is 16.8 Å². The van der Waals surface area contributed by atoms with Crippen LogP contribution in [0.5, 0.6) is 0 Å². The summed E-state index contributed by atoms with van der Waals surface area (Å²) in [6, 6.07) is 1.48. The summed E-state index contributed by atoms with van der Waals surface area (Å²) in [6.07, 6.45) is 4.46. The molecule has 0 unspecified atom stereocenters. The van der Waals surface area contributed by atoms with Crippen LogP contribution < -0.4 is 10.9 Å². The van der Waals surface area contributed by atoms with Crippen LogP contribution in [0.2, 0.25) is 0 Å². The van der Waals surface area contributed by atoms with Gasteiger partial charge in [0.15, 0.2) is 5.16 Å². The molecule has 132 valence electrons. The normalized spacial score (nSPS) is 20.4. The van der Waals surface area contributed by atoms with Gasteiger partial charge in [0.05, 0.1) is 25.0 Å². The van der Waals surface area contributed by atoms with Gasteiger partial charge in [0.25, 0.3) is 5.56 Å². The molecule has 0 saturated heterocycles. The van der Waals surface area contributed by atoms with Gasteiger partial charge in [0.1, 0.15) is 0 Å². The number of aromatic amines is 1. The first-order chi connectivity index (χ1) is 11.5. The molecule has 1 fully saturated rings. The summed E-state index contributed by atoms with van der Waals surface area (Å²) in [7, 11) is 1.28. The second-order valence-electron chi connectivity index (χ2n) is 6.02. The third-order valence-electron chi connectivity index (χ3n) is 4.12. The van der Waals surface area contributed by atoms with Crippen molar-refractivity contribution in [3.8, 4) is 0 Å². The van der Waals surface area contributed by atoms with Crippen LogP contribution in [-0.2, 0) is 20.7 Å². The maximum absolute atomic E-state index is 12.1. The van der Waals surface area contributed by atoms with Crippen LogP contribution in [0.3, 0.4) is 0 Å². The molecule has 1 aromatic rings. The van der Waals surface area contributed by atoms with Crippen molar-refractivity contribution in [3.63, 3.8) is 0 Å². The van der Waals surface area contributed by atoms with E-state index in [1.807, 2.05) is 0 Å². The molecule has 24 heavy (non-hydrogen) atoms. The number of ether oxygens (including phenoxy) is 1. The molecule has 2 atom stereocenters. The molecule has 0 bridgehead atoms. The highest BCUT2D eigenvalue weighted by Crippen LogP contribution is 2.23. The maximum Gasteiger partial charge on any atom is 0.311 e. The molecule has 0 aromatic carbocycles. The minimum absolute atomic E-state index is 0.0697. The lowest BCUT2D eigenvalue weighted by atomic mass is 9.86. The quantitative estimate of drug-likeness (QED) is 0.454. The lowest BCUT2D eigenvalue weighted by Gasteiger charge is -2.29. The van der Waals surface area contributed by atoms with Crippen LogP contribution in [-0.4, -0.2) is 40.7 Å². The zero-order chi connectivity index (χ0) is 17.5. The van der Waals surface area contributed by atoms with Crippen molar-refractivity contribution < 1.29 is 14.3 Å². The maximum atomic E-state index is 12.1. The van der Waals surface area contributed by atoms with Crippen LogP contribution in [0.4, 0.5) is 0 Å². The number of thioether (sulfide) groups is 1. The van der Waals surface area contributed by atoms with Gasteiger partial charge in [-0.1, -0.05) is 31.5 Å². The molecule has 2 rings (SSSR count). The average Bonchev–Trinajstić information content (AvgIpc) is 2.54. The fourth-order valence-corrected chi connectivity index (χ4v) is 3.48. The summed E-state index contributed by atoms with van der Waals surface area (Å²) in [4.78, 5) is 41.8. The lowest BCUT2D eigenvalue weighted by molar-refractivity contribution is -0.139. The van der Waals surface area contributed by atoms with Crippen molar-refractivity contribution in [1.82, 2.24) is 15.3 Å². The van der Waals surface area contributed by atoms with Crippen LogP contribution in [0.1, 0.15) is 38.3 Å². The number of carbonyl (C=O) groups excluding carboxylic acids is 2. The van der Waals surface area contributed by atoms with Gasteiger partial charge < -0.3 is 15.0 Å². The second kappa shape index (κ2) is 8.86. The first kappa shape index (κ1) is 18.5. The Kier molecular flexibility index (Phi) is 6.84. The molecule has 1 amide bonds. The number of nitrogens with zero attached hydrogens (tertiary/aromatic N) is 1. The Hall–Kier alpha value is -1.83. The summed E-state index contributed by atoms with van der Waals surface area (Å²) in [5, 5.41) is 3.38. The predicted molar refractivity (Wildman–Crippen MR) is 90.9 cm³/mol. The molecule has 1 saturated carbocycles. The molecule has 8 heteroatoms. The first-order valence-corrected chi connectivity index (χ1v) is 9.05. The summed E-state index contributed by atoms with van der Waals surface area (Å²) >= 11 is 1.15. The molecule has 0 aliphatic heterocycles. The number of methoxy groups -OCH3 is 1. The number of aromatic nitrogens is 2. The summed E-state index contributed by atoms with van der Waals surface area (Å²) < 4.78 is 4.56. The van der Waals surface area contributed by atoms with E-state index in [4.69, 9.17) is 0 Å². The molecule has 1 aromatic heterocycles. The SMILES string of the molecule is COC(=O)Cc1cc(=O)[nH]c(SCC(=O)N[C@@H]2CCCC[C@@H]2C)n1. The lowest BCUT2D eigenvalue weighted by Crippen LogP contribution is -2.41. The average molecular weight is 353 g/mol. The summed E-state index contributed by atoms with van der Waals surface area (Å²) in [5.41, 5.74) is -0.0258. The van der Waals surface area contributed by atoms with Gasteiger partial charge in [-0.3, -0.25) is 14.4 Å². The Morgan fingerprint density at radius 3 is 2.88 bits per heavy atom. The standard InChI is InChI=1S/C16H23N3O4S/c1-10-5-3-4-6-12(10)18-14(21)9-24-16-17-11(7-13(20)19-16)8-15(22)23-2/h7,10,12H,3-6,8-9H2,1-2H3,(H,18,21)(H,17,19,20)/t10-,12+/m0/s1. The number of hydrogen-bond acceptors (Lipinski definition) is 6. The fraction of sp³-hybridized carbons (Fsp3) is 0.625. The van der Waals surface area contributed by atoms with Crippen LogP contribution in [0, 0.1) is 5.92 Å². The third kappa shape index (κ3) is 5.67. The highest BCUT2D eigenvalue weighted by atomic mass is 32.2. The van der Waals surface area contributed by atoms with E-state index in [2.05, 4.69) is 26.9 Å². The number of H-pyrrole nitrogens is 1. The third-order valence-corrected chi connectivity index (χ3v) is 5.00. The predicted octanol–water partition coefficient (Wildman–Crippen LogP) is 1.27. The van der Waals surface area contributed by atoms with Gasteiger partial charge in [-0.25, -0.2) is 4.98 Å². The zero-order valence-electron chi connectivity index (χ0n) is 14.0. The molecule has 7 nitrogen and oxygen atoms in total. The topological polar surface area (TPSA) is 101 Å². The Balaban J connectivity index is 1.90. The van der Waals surface area contributed by atoms with Gasteiger partial charge >= 0.3 is 5.97 Å². The molecule has 0 spiro atoms. The number of esters is 1.